The van der Waals surface area contributed by atoms with Gasteiger partial charge < -0.3 is 21.7 Å². The van der Waals surface area contributed by atoms with Crippen LogP contribution >= 0.6 is 0 Å². The van der Waals surface area contributed by atoms with Gasteiger partial charge in [-0.1, -0.05) is 0 Å². The largest absolute Gasteiger partial charge is 0.383 e. The number of aliphatic hydroxyl groups is 2. The average molecular weight is 198 g/mol. The van der Waals surface area contributed by atoms with Gasteiger partial charge in [-0.05, 0) is 12.1 Å². The predicted octanol–water partition coefficient (Wildman–Crippen LogP) is -2.06. The molecule has 7 heteroatoms. The minimum Gasteiger partial charge on any atom is -0.383 e. The molecule has 76 valence electrons. The van der Waals surface area contributed by atoms with Crippen LogP contribution in [0, 0.1) is 0 Å². The standard InChI is InChI=1S/C7H10N4O3/c8-4-2-1-3(10-11-4)5(12)6(13)7(9)14/h1-2,5-6,12-13H,(H2,8,11)(H2,9,14). The van der Waals surface area contributed by atoms with Gasteiger partial charge in [0.15, 0.2) is 6.10 Å². The van der Waals surface area contributed by atoms with E-state index in [1.54, 1.807) is 0 Å². The van der Waals surface area contributed by atoms with Gasteiger partial charge in [0, 0.05) is 0 Å². The van der Waals surface area contributed by atoms with Crippen LogP contribution in [-0.2, 0) is 4.79 Å². The molecular weight excluding hydrogens is 188 g/mol. The molecule has 0 aliphatic carbocycles. The van der Waals surface area contributed by atoms with Crippen molar-refractivity contribution in [3.05, 3.63) is 17.8 Å². The molecule has 2 unspecified atom stereocenters. The number of rotatable bonds is 3. The first-order chi connectivity index (χ1) is 6.52. The molecule has 1 aromatic rings. The summed E-state index contributed by atoms with van der Waals surface area (Å²) in [7, 11) is 0. The van der Waals surface area contributed by atoms with Crippen molar-refractivity contribution in [1.82, 2.24) is 10.2 Å². The van der Waals surface area contributed by atoms with Gasteiger partial charge in [0.25, 0.3) is 0 Å². The second-order valence-corrected chi connectivity index (χ2v) is 2.68. The summed E-state index contributed by atoms with van der Waals surface area (Å²) < 4.78 is 0. The quantitative estimate of drug-likeness (QED) is 0.441. The fourth-order valence-electron chi connectivity index (χ4n) is 0.828. The summed E-state index contributed by atoms with van der Waals surface area (Å²) in [5.74, 6) is -0.856. The molecule has 0 saturated heterocycles. The molecule has 1 rings (SSSR count). The molecule has 7 nitrogen and oxygen atoms in total. The molecular formula is C7H10N4O3. The number of hydrogen-bond acceptors (Lipinski definition) is 6. The third-order valence-corrected chi connectivity index (χ3v) is 1.60. The van der Waals surface area contributed by atoms with Crippen molar-refractivity contribution >= 4 is 11.7 Å². The summed E-state index contributed by atoms with van der Waals surface area (Å²) >= 11 is 0. The van der Waals surface area contributed by atoms with Crippen LogP contribution in [0.2, 0.25) is 0 Å². The van der Waals surface area contributed by atoms with Gasteiger partial charge in [-0.2, -0.15) is 5.10 Å². The number of aliphatic hydroxyl groups excluding tert-OH is 2. The maximum Gasteiger partial charge on any atom is 0.249 e. The van der Waals surface area contributed by atoms with E-state index in [4.69, 9.17) is 16.6 Å². The van der Waals surface area contributed by atoms with E-state index in [1.807, 2.05) is 0 Å². The summed E-state index contributed by atoms with van der Waals surface area (Å²) in [6, 6.07) is 2.73. The van der Waals surface area contributed by atoms with Crippen molar-refractivity contribution in [2.75, 3.05) is 5.73 Å². The number of anilines is 1. The van der Waals surface area contributed by atoms with Crippen molar-refractivity contribution in [2.45, 2.75) is 12.2 Å². The van der Waals surface area contributed by atoms with Crippen molar-refractivity contribution in [2.24, 2.45) is 5.73 Å². The Morgan fingerprint density at radius 3 is 2.43 bits per heavy atom. The molecule has 0 saturated carbocycles. The first-order valence-corrected chi connectivity index (χ1v) is 3.77. The molecule has 1 amide bonds. The van der Waals surface area contributed by atoms with Gasteiger partial charge >= 0.3 is 0 Å². The highest BCUT2D eigenvalue weighted by Crippen LogP contribution is 2.13. The Bertz CT molecular complexity index is 326. The number of carbonyl (C=O) groups is 1. The number of nitrogen functional groups attached to an aromatic ring is 1. The first-order valence-electron chi connectivity index (χ1n) is 3.77. The Balaban J connectivity index is 2.84. The fourth-order valence-corrected chi connectivity index (χ4v) is 0.828. The molecule has 0 aromatic carbocycles. The fraction of sp³-hybridized carbons (Fsp3) is 0.286. The van der Waals surface area contributed by atoms with E-state index in [0.29, 0.717) is 0 Å². The van der Waals surface area contributed by atoms with Crippen LogP contribution in [0.25, 0.3) is 0 Å². The highest BCUT2D eigenvalue weighted by molar-refractivity contribution is 5.79. The third kappa shape index (κ3) is 2.15. The number of nitrogens with zero attached hydrogens (tertiary/aromatic N) is 2. The van der Waals surface area contributed by atoms with Crippen LogP contribution in [0.3, 0.4) is 0 Å². The number of carbonyl (C=O) groups excluding carboxylic acids is 1. The monoisotopic (exact) mass is 198 g/mol. The van der Waals surface area contributed by atoms with Crippen LogP contribution in [0.4, 0.5) is 5.82 Å². The minimum absolute atomic E-state index is 0.0329. The van der Waals surface area contributed by atoms with Gasteiger partial charge in [-0.3, -0.25) is 4.79 Å². The van der Waals surface area contributed by atoms with Gasteiger partial charge in [0.05, 0.1) is 5.69 Å². The van der Waals surface area contributed by atoms with Crippen LogP contribution in [0.1, 0.15) is 11.8 Å². The zero-order valence-corrected chi connectivity index (χ0v) is 7.16. The molecule has 0 fully saturated rings. The predicted molar refractivity (Wildman–Crippen MR) is 46.6 cm³/mol. The topological polar surface area (TPSA) is 135 Å². The lowest BCUT2D eigenvalue weighted by molar-refractivity contribution is -0.132. The third-order valence-electron chi connectivity index (χ3n) is 1.60. The van der Waals surface area contributed by atoms with Crippen molar-refractivity contribution in [1.29, 1.82) is 0 Å². The van der Waals surface area contributed by atoms with Crippen LogP contribution in [-0.4, -0.2) is 32.4 Å². The van der Waals surface area contributed by atoms with Gasteiger partial charge in [-0.25, -0.2) is 0 Å². The van der Waals surface area contributed by atoms with E-state index in [0.717, 1.165) is 0 Å². The Kier molecular flexibility index (Phi) is 2.95. The molecule has 14 heavy (non-hydrogen) atoms. The molecule has 0 radical (unpaired) electrons. The van der Waals surface area contributed by atoms with Crippen molar-refractivity contribution < 1.29 is 15.0 Å². The highest BCUT2D eigenvalue weighted by atomic mass is 16.3. The van der Waals surface area contributed by atoms with E-state index in [-0.39, 0.29) is 11.5 Å². The lowest BCUT2D eigenvalue weighted by Gasteiger charge is -2.13. The maximum atomic E-state index is 10.5. The van der Waals surface area contributed by atoms with Gasteiger partial charge in [0.1, 0.15) is 11.9 Å². The first kappa shape index (κ1) is 10.4. The Hall–Kier alpha value is -1.73. The minimum atomic E-state index is -1.70. The molecule has 0 bridgehead atoms. The second kappa shape index (κ2) is 3.99. The molecule has 6 N–H and O–H groups in total. The van der Waals surface area contributed by atoms with Crippen molar-refractivity contribution in [3.8, 4) is 0 Å². The van der Waals surface area contributed by atoms with E-state index in [9.17, 15) is 9.90 Å². The number of amides is 1. The van der Waals surface area contributed by atoms with Crippen LogP contribution in [0.15, 0.2) is 12.1 Å². The molecule has 0 spiro atoms. The SMILES string of the molecule is NC(=O)C(O)C(O)c1ccc(N)nn1. The van der Waals surface area contributed by atoms with E-state index in [2.05, 4.69) is 10.2 Å². The number of primary amides is 1. The summed E-state index contributed by atoms with van der Waals surface area (Å²) in [5, 5.41) is 25.4. The maximum absolute atomic E-state index is 10.5. The highest BCUT2D eigenvalue weighted by Gasteiger charge is 2.24. The molecule has 0 aliphatic heterocycles. The summed E-state index contributed by atoms with van der Waals surface area (Å²) in [4.78, 5) is 10.5. The zero-order chi connectivity index (χ0) is 10.7. The van der Waals surface area contributed by atoms with Gasteiger partial charge in [-0.15, -0.1) is 5.10 Å². The summed E-state index contributed by atoms with van der Waals surface area (Å²) in [6.07, 6.45) is -3.19. The Labute approximate surface area is 79.4 Å². The average Bonchev–Trinajstić information content (AvgIpc) is 2.16. The van der Waals surface area contributed by atoms with Crippen LogP contribution < -0.4 is 11.5 Å². The molecule has 1 heterocycles. The van der Waals surface area contributed by atoms with E-state index >= 15 is 0 Å². The lowest BCUT2D eigenvalue weighted by atomic mass is 10.1. The Morgan fingerprint density at radius 2 is 2.00 bits per heavy atom. The number of nitrogens with two attached hydrogens (primary N) is 2. The van der Waals surface area contributed by atoms with Crippen molar-refractivity contribution in [3.63, 3.8) is 0 Å². The normalized spacial score (nSPS) is 14.7. The Morgan fingerprint density at radius 1 is 1.36 bits per heavy atom. The number of hydrogen-bond donors (Lipinski definition) is 4. The van der Waals surface area contributed by atoms with Crippen LogP contribution in [0.5, 0.6) is 0 Å². The summed E-state index contributed by atoms with van der Waals surface area (Å²) in [5.41, 5.74) is 10.1. The smallest absolute Gasteiger partial charge is 0.249 e. The lowest BCUT2D eigenvalue weighted by Crippen LogP contribution is -2.34. The molecule has 1 aromatic heterocycles. The molecule has 0 aliphatic rings. The molecule has 2 atom stereocenters. The number of aromatic nitrogens is 2. The van der Waals surface area contributed by atoms with Gasteiger partial charge in [0.2, 0.25) is 5.91 Å². The van der Waals surface area contributed by atoms with E-state index in [1.165, 1.54) is 12.1 Å². The zero-order valence-electron chi connectivity index (χ0n) is 7.16. The summed E-state index contributed by atoms with van der Waals surface area (Å²) in [6.45, 7) is 0. The van der Waals surface area contributed by atoms with E-state index < -0.39 is 18.1 Å². The second-order valence-electron chi connectivity index (χ2n) is 2.68.